The molecule has 246 valence electrons. The number of H-pyrrole nitrogens is 2. The molecular weight excluding hydrogens is 596 g/mol. The standard InChI is InChI=1S/C36H42N6O5/c1-35(2,3)46-33(43)41-15-7-9-27(41)31-37-19-25(39-31)21-11-13-23-24-14-12-22(18-30(24)45-29(23)17-21)26-20-38-32(40-26)28-10-8-16-42(28)34(44)47-36(4,5)6/h11-14,17-20,27-28H,7-10,15-16H2,1-6H3,(H,37,39)(H,38,40). The summed E-state index contributed by atoms with van der Waals surface area (Å²) in [5.41, 5.74) is 4.04. The van der Waals surface area contributed by atoms with Gasteiger partial charge < -0.3 is 23.9 Å². The fraction of sp³-hybridized carbons (Fsp3) is 0.444. The van der Waals surface area contributed by atoms with Gasteiger partial charge in [-0.2, -0.15) is 0 Å². The molecule has 0 saturated carbocycles. The van der Waals surface area contributed by atoms with Crippen molar-refractivity contribution in [2.45, 2.75) is 90.5 Å². The van der Waals surface area contributed by atoms with Crippen molar-refractivity contribution in [2.75, 3.05) is 13.1 Å². The van der Waals surface area contributed by atoms with Crippen LogP contribution in [0.5, 0.6) is 0 Å². The van der Waals surface area contributed by atoms with Gasteiger partial charge in [-0.3, -0.25) is 9.80 Å². The summed E-state index contributed by atoms with van der Waals surface area (Å²) < 4.78 is 17.6. The van der Waals surface area contributed by atoms with Gasteiger partial charge in [0.1, 0.15) is 34.0 Å². The van der Waals surface area contributed by atoms with Gasteiger partial charge in [-0.05, 0) is 91.5 Å². The number of benzene rings is 2. The molecule has 47 heavy (non-hydrogen) atoms. The number of nitrogens with zero attached hydrogens (tertiary/aromatic N) is 4. The van der Waals surface area contributed by atoms with Gasteiger partial charge >= 0.3 is 12.2 Å². The third-order valence-corrected chi connectivity index (χ3v) is 8.68. The Morgan fingerprint density at radius 1 is 0.723 bits per heavy atom. The van der Waals surface area contributed by atoms with E-state index in [-0.39, 0.29) is 24.3 Å². The zero-order valence-electron chi connectivity index (χ0n) is 27.8. The summed E-state index contributed by atoms with van der Waals surface area (Å²) in [5, 5.41) is 2.04. The van der Waals surface area contributed by atoms with Crippen molar-refractivity contribution < 1.29 is 23.5 Å². The first-order chi connectivity index (χ1) is 22.3. The summed E-state index contributed by atoms with van der Waals surface area (Å²) in [5.74, 6) is 1.51. The van der Waals surface area contributed by atoms with Crippen LogP contribution in [0, 0.1) is 0 Å². The van der Waals surface area contributed by atoms with Crippen molar-refractivity contribution in [1.82, 2.24) is 29.7 Å². The highest BCUT2D eigenvalue weighted by atomic mass is 16.6. The minimum Gasteiger partial charge on any atom is -0.456 e. The Balaban J connectivity index is 1.11. The van der Waals surface area contributed by atoms with Crippen LogP contribution < -0.4 is 0 Å². The lowest BCUT2D eigenvalue weighted by Crippen LogP contribution is -2.36. The number of fused-ring (bicyclic) bond motifs is 3. The summed E-state index contributed by atoms with van der Waals surface area (Å²) in [6.45, 7) is 12.6. The maximum Gasteiger partial charge on any atom is 0.410 e. The van der Waals surface area contributed by atoms with Crippen molar-refractivity contribution >= 4 is 34.1 Å². The number of carbonyl (C=O) groups is 2. The average Bonchev–Trinajstić information content (AvgIpc) is 3.83. The van der Waals surface area contributed by atoms with E-state index in [2.05, 4.69) is 44.2 Å². The van der Waals surface area contributed by atoms with Gasteiger partial charge in [0, 0.05) is 35.0 Å². The van der Waals surface area contributed by atoms with Gasteiger partial charge in [-0.1, -0.05) is 12.1 Å². The van der Waals surface area contributed by atoms with Crippen LogP contribution in [0.15, 0.2) is 53.2 Å². The van der Waals surface area contributed by atoms with E-state index in [1.54, 1.807) is 9.80 Å². The summed E-state index contributed by atoms with van der Waals surface area (Å²) in [7, 11) is 0. The quantitative estimate of drug-likeness (QED) is 0.202. The maximum atomic E-state index is 12.8. The molecule has 2 unspecified atom stereocenters. The third kappa shape index (κ3) is 6.18. The molecule has 3 aromatic heterocycles. The molecule has 2 N–H and O–H groups in total. The van der Waals surface area contributed by atoms with E-state index in [1.807, 2.05) is 66.1 Å². The summed E-state index contributed by atoms with van der Waals surface area (Å²) in [4.78, 5) is 45.4. The molecule has 2 amide bonds. The molecule has 11 nitrogen and oxygen atoms in total. The van der Waals surface area contributed by atoms with Crippen LogP contribution in [0.2, 0.25) is 0 Å². The minimum atomic E-state index is -0.552. The van der Waals surface area contributed by atoms with Gasteiger partial charge in [0.05, 0.1) is 35.9 Å². The van der Waals surface area contributed by atoms with E-state index in [0.29, 0.717) is 13.1 Å². The topological polar surface area (TPSA) is 130 Å². The second-order valence-electron chi connectivity index (χ2n) is 14.6. The van der Waals surface area contributed by atoms with E-state index in [4.69, 9.17) is 13.9 Å². The highest BCUT2D eigenvalue weighted by molar-refractivity contribution is 6.06. The Labute approximate surface area is 273 Å². The Morgan fingerprint density at radius 2 is 1.15 bits per heavy atom. The van der Waals surface area contributed by atoms with E-state index in [0.717, 1.165) is 81.8 Å². The lowest BCUT2D eigenvalue weighted by molar-refractivity contribution is 0.0208. The zero-order valence-corrected chi connectivity index (χ0v) is 27.8. The molecule has 2 aromatic carbocycles. The highest BCUT2D eigenvalue weighted by Gasteiger charge is 2.36. The lowest BCUT2D eigenvalue weighted by atomic mass is 10.1. The van der Waals surface area contributed by atoms with Crippen molar-refractivity contribution in [3.63, 3.8) is 0 Å². The fourth-order valence-corrected chi connectivity index (χ4v) is 6.60. The maximum absolute atomic E-state index is 12.8. The number of nitrogens with one attached hydrogen (secondary N) is 2. The zero-order chi connectivity index (χ0) is 33.1. The molecule has 0 spiro atoms. The second-order valence-corrected chi connectivity index (χ2v) is 14.6. The molecule has 2 aliphatic heterocycles. The largest absolute Gasteiger partial charge is 0.456 e. The number of aromatic amines is 2. The van der Waals surface area contributed by atoms with Crippen LogP contribution in [-0.2, 0) is 9.47 Å². The molecule has 2 fully saturated rings. The third-order valence-electron chi connectivity index (χ3n) is 8.68. The molecule has 2 atom stereocenters. The van der Waals surface area contributed by atoms with Crippen LogP contribution in [0.3, 0.4) is 0 Å². The Hall–Kier alpha value is -4.80. The first-order valence-electron chi connectivity index (χ1n) is 16.4. The molecule has 2 saturated heterocycles. The van der Waals surface area contributed by atoms with Crippen LogP contribution in [0.4, 0.5) is 9.59 Å². The number of carbonyl (C=O) groups excluding carboxylic acids is 2. The summed E-state index contributed by atoms with van der Waals surface area (Å²) in [6.07, 6.45) is 6.47. The minimum absolute atomic E-state index is 0.149. The number of hydrogen-bond acceptors (Lipinski definition) is 7. The fourth-order valence-electron chi connectivity index (χ4n) is 6.60. The van der Waals surface area contributed by atoms with Gasteiger partial charge in [-0.25, -0.2) is 19.6 Å². The van der Waals surface area contributed by atoms with E-state index < -0.39 is 11.2 Å². The summed E-state index contributed by atoms with van der Waals surface area (Å²) in [6, 6.07) is 12.0. The van der Waals surface area contributed by atoms with Gasteiger partial charge in [-0.15, -0.1) is 0 Å². The van der Waals surface area contributed by atoms with E-state index in [1.165, 1.54) is 0 Å². The number of hydrogen-bond donors (Lipinski definition) is 2. The van der Waals surface area contributed by atoms with Crippen LogP contribution in [0.25, 0.3) is 44.5 Å². The van der Waals surface area contributed by atoms with Crippen LogP contribution >= 0.6 is 0 Å². The summed E-state index contributed by atoms with van der Waals surface area (Å²) >= 11 is 0. The Morgan fingerprint density at radius 3 is 1.55 bits per heavy atom. The van der Waals surface area contributed by atoms with Crippen molar-refractivity contribution in [2.24, 2.45) is 0 Å². The normalized spacial score (nSPS) is 18.9. The number of amides is 2. The Bertz CT molecular complexity index is 1820. The molecule has 0 bridgehead atoms. The Kier molecular flexibility index (Phi) is 7.52. The highest BCUT2D eigenvalue weighted by Crippen LogP contribution is 2.37. The number of furan rings is 1. The molecule has 5 aromatic rings. The van der Waals surface area contributed by atoms with Crippen molar-refractivity contribution in [3.05, 3.63) is 60.4 Å². The number of ether oxygens (including phenoxy) is 2. The molecule has 0 radical (unpaired) electrons. The molecule has 11 heteroatoms. The van der Waals surface area contributed by atoms with Crippen molar-refractivity contribution in [3.8, 4) is 22.5 Å². The monoisotopic (exact) mass is 638 g/mol. The van der Waals surface area contributed by atoms with Gasteiger partial charge in [0.2, 0.25) is 0 Å². The van der Waals surface area contributed by atoms with E-state index in [9.17, 15) is 9.59 Å². The van der Waals surface area contributed by atoms with E-state index >= 15 is 0 Å². The number of likely N-dealkylation sites (tertiary alicyclic amines) is 2. The number of imidazole rings is 2. The van der Waals surface area contributed by atoms with Gasteiger partial charge in [0.25, 0.3) is 0 Å². The van der Waals surface area contributed by atoms with Crippen molar-refractivity contribution in [1.29, 1.82) is 0 Å². The van der Waals surface area contributed by atoms with Crippen LogP contribution in [0.1, 0.15) is 91.0 Å². The average molecular weight is 639 g/mol. The molecule has 2 aliphatic rings. The molecule has 0 aliphatic carbocycles. The predicted molar refractivity (Wildman–Crippen MR) is 179 cm³/mol. The number of rotatable bonds is 4. The second kappa shape index (κ2) is 11.5. The first kappa shape index (κ1) is 30.8. The molecule has 5 heterocycles. The SMILES string of the molecule is CC(C)(C)OC(=O)N1CCCC1c1ncc(-c2ccc3c(c2)oc2cc(-c4cnc(C5CCCN5C(=O)OC(C)(C)C)[nH]4)ccc23)[nH]1. The molecular formula is C36H42N6O5. The first-order valence-corrected chi connectivity index (χ1v) is 16.4. The van der Waals surface area contributed by atoms with Gasteiger partial charge in [0.15, 0.2) is 0 Å². The lowest BCUT2D eigenvalue weighted by Gasteiger charge is -2.27. The smallest absolute Gasteiger partial charge is 0.410 e. The molecule has 7 rings (SSSR count). The predicted octanol–water partition coefficient (Wildman–Crippen LogP) is 8.51. The van der Waals surface area contributed by atoms with Crippen LogP contribution in [-0.4, -0.2) is 66.2 Å². The number of aromatic nitrogens is 4.